The van der Waals surface area contributed by atoms with Crippen molar-refractivity contribution in [2.24, 2.45) is 0 Å². The lowest BCUT2D eigenvalue weighted by atomic mass is 10.2. The summed E-state index contributed by atoms with van der Waals surface area (Å²) in [4.78, 5) is 13.7. The zero-order valence-electron chi connectivity index (χ0n) is 16.5. The summed E-state index contributed by atoms with van der Waals surface area (Å²) in [5, 5.41) is 0. The van der Waals surface area contributed by atoms with E-state index in [2.05, 4.69) is 4.72 Å². The average molecular weight is 428 g/mol. The lowest BCUT2D eigenvalue weighted by Crippen LogP contribution is -2.31. The standard InChI is InChI=1S/C22H21FN2O4S/c1-16-4-3-5-18(14-16)24-30(27,28)21-12-10-20(11-13-21)29-15-22(26)25(2)19-8-6-17(23)7-9-19/h3-14,24H,15H2,1-2H3. The summed E-state index contributed by atoms with van der Waals surface area (Å²) < 4.78 is 46.0. The number of aryl methyl sites for hydroxylation is 1. The van der Waals surface area contributed by atoms with Crippen LogP contribution >= 0.6 is 0 Å². The molecule has 156 valence electrons. The Hall–Kier alpha value is -3.39. The third kappa shape index (κ3) is 5.36. The van der Waals surface area contributed by atoms with E-state index < -0.39 is 10.0 Å². The fraction of sp³-hybridized carbons (Fsp3) is 0.136. The van der Waals surface area contributed by atoms with Crippen LogP contribution in [-0.4, -0.2) is 28.0 Å². The van der Waals surface area contributed by atoms with Gasteiger partial charge in [0.1, 0.15) is 11.6 Å². The molecule has 30 heavy (non-hydrogen) atoms. The zero-order valence-corrected chi connectivity index (χ0v) is 17.3. The maximum atomic E-state index is 13.0. The van der Waals surface area contributed by atoms with E-state index in [4.69, 9.17) is 4.74 Å². The molecular weight excluding hydrogens is 407 g/mol. The van der Waals surface area contributed by atoms with Gasteiger partial charge in [-0.1, -0.05) is 12.1 Å². The number of benzene rings is 3. The van der Waals surface area contributed by atoms with Crippen LogP contribution in [0.2, 0.25) is 0 Å². The van der Waals surface area contributed by atoms with Gasteiger partial charge in [0.25, 0.3) is 15.9 Å². The monoisotopic (exact) mass is 428 g/mol. The molecule has 0 saturated carbocycles. The Labute approximate surface area is 175 Å². The van der Waals surface area contributed by atoms with Gasteiger partial charge in [-0.05, 0) is 73.2 Å². The molecule has 0 fully saturated rings. The minimum Gasteiger partial charge on any atom is -0.484 e. The molecule has 3 aromatic rings. The Kier molecular flexibility index (Phi) is 6.37. The molecule has 0 heterocycles. The lowest BCUT2D eigenvalue weighted by Gasteiger charge is -2.17. The molecule has 1 N–H and O–H groups in total. The summed E-state index contributed by atoms with van der Waals surface area (Å²) in [5.74, 6) is -0.368. The number of hydrogen-bond donors (Lipinski definition) is 1. The number of ether oxygens (including phenoxy) is 1. The van der Waals surface area contributed by atoms with E-state index >= 15 is 0 Å². The Bertz CT molecular complexity index is 1130. The van der Waals surface area contributed by atoms with Crippen molar-refractivity contribution in [1.82, 2.24) is 0 Å². The molecule has 6 nitrogen and oxygen atoms in total. The third-order valence-corrected chi connectivity index (χ3v) is 5.75. The second-order valence-corrected chi connectivity index (χ2v) is 8.35. The molecule has 3 aromatic carbocycles. The summed E-state index contributed by atoms with van der Waals surface area (Å²) in [6.45, 7) is 1.63. The van der Waals surface area contributed by atoms with Gasteiger partial charge in [0.15, 0.2) is 6.61 Å². The van der Waals surface area contributed by atoms with E-state index in [-0.39, 0.29) is 23.2 Å². The maximum absolute atomic E-state index is 13.0. The van der Waals surface area contributed by atoms with Crippen molar-refractivity contribution < 1.29 is 22.3 Å². The molecule has 0 bridgehead atoms. The first-order valence-corrected chi connectivity index (χ1v) is 10.6. The number of nitrogens with zero attached hydrogens (tertiary/aromatic N) is 1. The van der Waals surface area contributed by atoms with Gasteiger partial charge in [-0.25, -0.2) is 12.8 Å². The summed E-state index contributed by atoms with van der Waals surface area (Å²) in [6.07, 6.45) is 0. The van der Waals surface area contributed by atoms with E-state index in [0.29, 0.717) is 17.1 Å². The quantitative estimate of drug-likeness (QED) is 0.618. The lowest BCUT2D eigenvalue weighted by molar-refractivity contribution is -0.120. The molecule has 8 heteroatoms. The fourth-order valence-electron chi connectivity index (χ4n) is 2.69. The molecule has 0 unspecified atom stereocenters. The third-order valence-electron chi connectivity index (χ3n) is 4.35. The average Bonchev–Trinajstić information content (AvgIpc) is 2.72. The summed E-state index contributed by atoms with van der Waals surface area (Å²) in [5.41, 5.74) is 1.95. The van der Waals surface area contributed by atoms with Gasteiger partial charge in [0.2, 0.25) is 0 Å². The molecule has 0 radical (unpaired) electrons. The highest BCUT2D eigenvalue weighted by Gasteiger charge is 2.15. The number of carbonyl (C=O) groups is 1. The molecule has 0 aliphatic carbocycles. The highest BCUT2D eigenvalue weighted by atomic mass is 32.2. The minimum absolute atomic E-state index is 0.0751. The normalized spacial score (nSPS) is 11.0. The van der Waals surface area contributed by atoms with Gasteiger partial charge < -0.3 is 9.64 Å². The number of amides is 1. The predicted octanol–water partition coefficient (Wildman–Crippen LogP) is 3.98. The largest absolute Gasteiger partial charge is 0.484 e. The second-order valence-electron chi connectivity index (χ2n) is 6.66. The first kappa shape index (κ1) is 21.3. The van der Waals surface area contributed by atoms with Crippen LogP contribution < -0.4 is 14.4 Å². The number of rotatable bonds is 7. The number of halogens is 1. The highest BCUT2D eigenvalue weighted by Crippen LogP contribution is 2.20. The van der Waals surface area contributed by atoms with E-state index in [9.17, 15) is 17.6 Å². The van der Waals surface area contributed by atoms with Crippen LogP contribution in [0.1, 0.15) is 5.56 Å². The number of anilines is 2. The Balaban J connectivity index is 1.61. The first-order valence-electron chi connectivity index (χ1n) is 9.09. The Morgan fingerprint density at radius 3 is 2.33 bits per heavy atom. The van der Waals surface area contributed by atoms with Gasteiger partial charge in [0.05, 0.1) is 4.90 Å². The van der Waals surface area contributed by atoms with E-state index in [1.54, 1.807) is 25.2 Å². The molecular formula is C22H21FN2O4S. The van der Waals surface area contributed by atoms with Crippen LogP contribution in [0.15, 0.2) is 77.7 Å². The topological polar surface area (TPSA) is 75.7 Å². The summed E-state index contributed by atoms with van der Waals surface area (Å²) in [7, 11) is -2.18. The Morgan fingerprint density at radius 2 is 1.70 bits per heavy atom. The molecule has 0 spiro atoms. The van der Waals surface area contributed by atoms with Crippen molar-refractivity contribution >= 4 is 27.3 Å². The van der Waals surface area contributed by atoms with Crippen molar-refractivity contribution in [1.29, 1.82) is 0 Å². The highest BCUT2D eigenvalue weighted by molar-refractivity contribution is 7.92. The second kappa shape index (κ2) is 8.96. The smallest absolute Gasteiger partial charge is 0.264 e. The summed E-state index contributed by atoms with van der Waals surface area (Å²) in [6, 6.07) is 18.3. The van der Waals surface area contributed by atoms with Gasteiger partial charge >= 0.3 is 0 Å². The number of carbonyl (C=O) groups excluding carboxylic acids is 1. The first-order chi connectivity index (χ1) is 14.2. The van der Waals surface area contributed by atoms with Crippen LogP contribution in [0.25, 0.3) is 0 Å². The van der Waals surface area contributed by atoms with Gasteiger partial charge in [-0.2, -0.15) is 0 Å². The number of hydrogen-bond acceptors (Lipinski definition) is 4. The van der Waals surface area contributed by atoms with Crippen molar-refractivity contribution in [3.8, 4) is 5.75 Å². The molecule has 3 rings (SSSR count). The molecule has 1 amide bonds. The van der Waals surface area contributed by atoms with Crippen molar-refractivity contribution in [3.05, 3.63) is 84.2 Å². The predicted molar refractivity (Wildman–Crippen MR) is 114 cm³/mol. The number of nitrogens with one attached hydrogen (secondary N) is 1. The maximum Gasteiger partial charge on any atom is 0.264 e. The molecule has 0 atom stereocenters. The number of likely N-dealkylation sites (N-methyl/N-ethyl adjacent to an activating group) is 1. The van der Waals surface area contributed by atoms with Crippen molar-refractivity contribution in [2.75, 3.05) is 23.3 Å². The minimum atomic E-state index is -3.74. The molecule has 0 aliphatic rings. The molecule has 0 aliphatic heterocycles. The van der Waals surface area contributed by atoms with Crippen molar-refractivity contribution in [3.63, 3.8) is 0 Å². The van der Waals surface area contributed by atoms with Crippen LogP contribution in [0, 0.1) is 12.7 Å². The van der Waals surface area contributed by atoms with Crippen LogP contribution in [0.5, 0.6) is 5.75 Å². The zero-order chi connectivity index (χ0) is 21.7. The van der Waals surface area contributed by atoms with Crippen LogP contribution in [0.4, 0.5) is 15.8 Å². The van der Waals surface area contributed by atoms with Gasteiger partial charge in [0, 0.05) is 18.4 Å². The van der Waals surface area contributed by atoms with E-state index in [1.807, 2.05) is 13.0 Å². The Morgan fingerprint density at radius 1 is 1.03 bits per heavy atom. The van der Waals surface area contributed by atoms with Gasteiger partial charge in [-0.15, -0.1) is 0 Å². The van der Waals surface area contributed by atoms with Crippen LogP contribution in [0.3, 0.4) is 0 Å². The molecule has 0 aromatic heterocycles. The fourth-order valence-corrected chi connectivity index (χ4v) is 3.74. The SMILES string of the molecule is Cc1cccc(NS(=O)(=O)c2ccc(OCC(=O)N(C)c3ccc(F)cc3)cc2)c1. The number of sulfonamides is 1. The van der Waals surface area contributed by atoms with Gasteiger partial charge in [-0.3, -0.25) is 9.52 Å². The van der Waals surface area contributed by atoms with Crippen molar-refractivity contribution in [2.45, 2.75) is 11.8 Å². The van der Waals surface area contributed by atoms with E-state index in [0.717, 1.165) is 5.56 Å². The van der Waals surface area contributed by atoms with E-state index in [1.165, 1.54) is 53.4 Å². The summed E-state index contributed by atoms with van der Waals surface area (Å²) >= 11 is 0. The van der Waals surface area contributed by atoms with Crippen LogP contribution in [-0.2, 0) is 14.8 Å². The molecule has 0 saturated heterocycles.